The fourth-order valence-corrected chi connectivity index (χ4v) is 1.67. The Morgan fingerprint density at radius 2 is 1.83 bits per heavy atom. The van der Waals surface area contributed by atoms with Crippen LogP contribution in [0.1, 0.15) is 36.5 Å². The molecule has 1 aromatic carbocycles. The van der Waals surface area contributed by atoms with Gasteiger partial charge in [-0.25, -0.2) is 0 Å². The largest absolute Gasteiger partial charge is 0.389 e. The monoisotopic (exact) mass is 262 g/mol. The number of methoxy groups -OCH3 is 1. The number of aliphatic hydroxyl groups is 1. The molecule has 102 valence electrons. The Morgan fingerprint density at radius 3 is 2.33 bits per heavy atom. The topological polar surface area (TPSA) is 29.5 Å². The molecular formula is C13H17F3O2. The van der Waals surface area contributed by atoms with Crippen molar-refractivity contribution >= 4 is 0 Å². The fourth-order valence-electron chi connectivity index (χ4n) is 1.67. The highest BCUT2D eigenvalue weighted by Crippen LogP contribution is 2.26. The Kier molecular flexibility index (Phi) is 5.62. The number of hydrogen-bond acceptors (Lipinski definition) is 2. The van der Waals surface area contributed by atoms with Gasteiger partial charge in [0, 0.05) is 13.5 Å². The minimum Gasteiger partial charge on any atom is -0.388 e. The molecule has 0 fully saturated rings. The van der Waals surface area contributed by atoms with Crippen LogP contribution in [0.4, 0.5) is 13.2 Å². The van der Waals surface area contributed by atoms with Crippen LogP contribution in [0, 0.1) is 0 Å². The van der Waals surface area contributed by atoms with Crippen LogP contribution in [0.15, 0.2) is 24.3 Å². The van der Waals surface area contributed by atoms with Crippen molar-refractivity contribution in [3.05, 3.63) is 35.4 Å². The first-order valence-electron chi connectivity index (χ1n) is 5.75. The predicted molar refractivity (Wildman–Crippen MR) is 62.0 cm³/mol. The van der Waals surface area contributed by atoms with Gasteiger partial charge in [0.2, 0.25) is 0 Å². The number of rotatable bonds is 6. The second-order valence-electron chi connectivity index (χ2n) is 4.20. The van der Waals surface area contributed by atoms with Gasteiger partial charge < -0.3 is 9.84 Å². The van der Waals surface area contributed by atoms with E-state index in [9.17, 15) is 18.3 Å². The molecule has 0 bridgehead atoms. The molecule has 0 aromatic heterocycles. The van der Waals surface area contributed by atoms with Crippen molar-refractivity contribution < 1.29 is 23.0 Å². The summed E-state index contributed by atoms with van der Waals surface area (Å²) in [5.41, 5.74) is 1.60. The molecular weight excluding hydrogens is 245 g/mol. The zero-order chi connectivity index (χ0) is 13.6. The number of alkyl halides is 3. The van der Waals surface area contributed by atoms with Crippen molar-refractivity contribution in [3.8, 4) is 0 Å². The lowest BCUT2D eigenvalue weighted by Crippen LogP contribution is -2.08. The van der Waals surface area contributed by atoms with Crippen LogP contribution in [0.3, 0.4) is 0 Å². The quantitative estimate of drug-likeness (QED) is 0.848. The van der Waals surface area contributed by atoms with Crippen molar-refractivity contribution in [2.24, 2.45) is 0 Å². The van der Waals surface area contributed by atoms with Gasteiger partial charge in [0.05, 0.1) is 12.7 Å². The smallest absolute Gasteiger partial charge is 0.388 e. The zero-order valence-corrected chi connectivity index (χ0v) is 10.2. The zero-order valence-electron chi connectivity index (χ0n) is 10.2. The molecule has 0 amide bonds. The Hall–Kier alpha value is -1.07. The molecule has 0 radical (unpaired) electrons. The average Bonchev–Trinajstić information content (AvgIpc) is 2.28. The van der Waals surface area contributed by atoms with Crippen LogP contribution in [-0.2, 0) is 11.3 Å². The third-order valence-corrected chi connectivity index (χ3v) is 2.61. The highest BCUT2D eigenvalue weighted by Gasteiger charge is 2.26. The van der Waals surface area contributed by atoms with Gasteiger partial charge in [-0.2, -0.15) is 13.2 Å². The van der Waals surface area contributed by atoms with Gasteiger partial charge in [-0.1, -0.05) is 24.3 Å². The second kappa shape index (κ2) is 6.75. The molecule has 0 saturated carbocycles. The molecule has 0 saturated heterocycles. The first-order chi connectivity index (χ1) is 8.42. The molecule has 5 heteroatoms. The van der Waals surface area contributed by atoms with Crippen LogP contribution < -0.4 is 0 Å². The molecule has 1 atom stereocenters. The van der Waals surface area contributed by atoms with Crippen molar-refractivity contribution in [3.63, 3.8) is 0 Å². The molecule has 0 aliphatic carbocycles. The van der Waals surface area contributed by atoms with Gasteiger partial charge >= 0.3 is 6.18 Å². The molecule has 2 nitrogen and oxygen atoms in total. The Morgan fingerprint density at radius 1 is 1.22 bits per heavy atom. The maximum atomic E-state index is 12.0. The number of benzene rings is 1. The van der Waals surface area contributed by atoms with Gasteiger partial charge in [0.15, 0.2) is 0 Å². The lowest BCUT2D eigenvalue weighted by Gasteiger charge is -2.12. The van der Waals surface area contributed by atoms with E-state index in [1.54, 1.807) is 31.4 Å². The minimum atomic E-state index is -4.15. The van der Waals surface area contributed by atoms with Crippen molar-refractivity contribution in [2.75, 3.05) is 7.11 Å². The summed E-state index contributed by atoms with van der Waals surface area (Å²) in [6.45, 7) is 0.477. The number of hydrogen-bond donors (Lipinski definition) is 1. The normalized spacial score (nSPS) is 13.6. The van der Waals surface area contributed by atoms with Gasteiger partial charge in [0.1, 0.15) is 0 Å². The maximum absolute atomic E-state index is 12.0. The van der Waals surface area contributed by atoms with E-state index in [0.717, 1.165) is 5.56 Å². The third kappa shape index (κ3) is 5.51. The summed E-state index contributed by atoms with van der Waals surface area (Å²) < 4.78 is 40.8. The summed E-state index contributed by atoms with van der Waals surface area (Å²) in [6, 6.07) is 7.02. The number of ether oxygens (including phenoxy) is 1. The Labute approximate surface area is 104 Å². The summed E-state index contributed by atoms with van der Waals surface area (Å²) in [5, 5.41) is 9.74. The summed E-state index contributed by atoms with van der Waals surface area (Å²) in [5.74, 6) is 0. The van der Waals surface area contributed by atoms with Gasteiger partial charge in [0.25, 0.3) is 0 Å². The third-order valence-electron chi connectivity index (χ3n) is 2.61. The first kappa shape index (κ1) is 15.0. The molecule has 1 rings (SSSR count). The lowest BCUT2D eigenvalue weighted by molar-refractivity contribution is -0.136. The average molecular weight is 262 g/mol. The first-order valence-corrected chi connectivity index (χ1v) is 5.75. The Bertz CT molecular complexity index is 346. The lowest BCUT2D eigenvalue weighted by atomic mass is 10.0. The maximum Gasteiger partial charge on any atom is 0.389 e. The van der Waals surface area contributed by atoms with Gasteiger partial charge in [-0.05, 0) is 24.0 Å². The molecule has 0 heterocycles. The SMILES string of the molecule is COCc1ccc(C(O)CCCC(F)(F)F)cc1. The Balaban J connectivity index is 2.43. The van der Waals surface area contributed by atoms with E-state index >= 15 is 0 Å². The van der Waals surface area contributed by atoms with E-state index in [1.807, 2.05) is 0 Å². The van der Waals surface area contributed by atoms with E-state index in [2.05, 4.69) is 0 Å². The molecule has 0 aliphatic heterocycles. The summed E-state index contributed by atoms with van der Waals surface area (Å²) in [4.78, 5) is 0. The minimum absolute atomic E-state index is 0.0650. The molecule has 0 aliphatic rings. The molecule has 18 heavy (non-hydrogen) atoms. The van der Waals surface area contributed by atoms with E-state index in [1.165, 1.54) is 0 Å². The standard InChI is InChI=1S/C13H17F3O2/c1-18-9-10-4-6-11(7-5-10)12(17)3-2-8-13(14,15)16/h4-7,12,17H,2-3,8-9H2,1H3. The van der Waals surface area contributed by atoms with Crippen LogP contribution in [0.2, 0.25) is 0 Å². The highest BCUT2D eigenvalue weighted by molar-refractivity contribution is 5.23. The van der Waals surface area contributed by atoms with Crippen molar-refractivity contribution in [1.82, 2.24) is 0 Å². The summed E-state index contributed by atoms with van der Waals surface area (Å²) in [7, 11) is 1.58. The van der Waals surface area contributed by atoms with E-state index in [-0.39, 0.29) is 12.8 Å². The predicted octanol–water partition coefficient (Wildman–Crippen LogP) is 3.60. The number of aliphatic hydroxyl groups excluding tert-OH is 1. The van der Waals surface area contributed by atoms with Crippen molar-refractivity contribution in [2.45, 2.75) is 38.1 Å². The van der Waals surface area contributed by atoms with Crippen molar-refractivity contribution in [1.29, 1.82) is 0 Å². The van der Waals surface area contributed by atoms with E-state index < -0.39 is 18.7 Å². The molecule has 1 N–H and O–H groups in total. The van der Waals surface area contributed by atoms with Crippen LogP contribution in [-0.4, -0.2) is 18.4 Å². The number of halogens is 3. The van der Waals surface area contributed by atoms with Crippen LogP contribution >= 0.6 is 0 Å². The van der Waals surface area contributed by atoms with Gasteiger partial charge in [-0.15, -0.1) is 0 Å². The molecule has 0 spiro atoms. The molecule has 1 unspecified atom stereocenters. The fraction of sp³-hybridized carbons (Fsp3) is 0.538. The highest BCUT2D eigenvalue weighted by atomic mass is 19.4. The second-order valence-corrected chi connectivity index (χ2v) is 4.20. The van der Waals surface area contributed by atoms with Gasteiger partial charge in [-0.3, -0.25) is 0 Å². The summed E-state index contributed by atoms with van der Waals surface area (Å²) in [6.07, 6.45) is -5.80. The summed E-state index contributed by atoms with van der Waals surface area (Å²) >= 11 is 0. The van der Waals surface area contributed by atoms with Crippen LogP contribution in [0.25, 0.3) is 0 Å². The molecule has 1 aromatic rings. The van der Waals surface area contributed by atoms with E-state index in [0.29, 0.717) is 12.2 Å². The van der Waals surface area contributed by atoms with E-state index in [4.69, 9.17) is 4.74 Å². The van der Waals surface area contributed by atoms with Crippen LogP contribution in [0.5, 0.6) is 0 Å².